The van der Waals surface area contributed by atoms with Crippen LogP contribution in [0.5, 0.6) is 0 Å². The Morgan fingerprint density at radius 1 is 0.350 bits per heavy atom. The van der Waals surface area contributed by atoms with Crippen molar-refractivity contribution in [2.45, 2.75) is 19.6 Å². The number of hydrogen-bond acceptors (Lipinski definition) is 3. The first kappa shape index (κ1) is 35.7. The van der Waals surface area contributed by atoms with E-state index in [0.29, 0.717) is 17.5 Å². The highest BCUT2D eigenvalue weighted by atomic mass is 28.3. The van der Waals surface area contributed by atoms with Gasteiger partial charge < -0.3 is 9.13 Å². The Morgan fingerprint density at radius 3 is 1.48 bits per heavy atom. The van der Waals surface area contributed by atoms with Gasteiger partial charge in [-0.2, -0.15) is 0 Å². The Hall–Kier alpha value is -7.41. The Morgan fingerprint density at radius 2 is 0.833 bits per heavy atom. The number of nitrogens with zero attached hydrogens (tertiary/aromatic N) is 5. The average molecular weight is 788 g/mol. The third kappa shape index (κ3) is 6.03. The van der Waals surface area contributed by atoms with E-state index in [9.17, 15) is 0 Å². The Labute approximate surface area is 349 Å². The molecule has 0 atom stereocenters. The van der Waals surface area contributed by atoms with Crippen molar-refractivity contribution >= 4 is 56.9 Å². The molecular weight excluding hydrogens is 747 g/mol. The molecule has 6 heteroatoms. The van der Waals surface area contributed by atoms with E-state index in [1.165, 1.54) is 49.0 Å². The monoisotopic (exact) mass is 787 g/mol. The van der Waals surface area contributed by atoms with E-state index >= 15 is 0 Å². The van der Waals surface area contributed by atoms with Crippen molar-refractivity contribution in [3.8, 4) is 56.7 Å². The first-order valence-electron chi connectivity index (χ1n) is 20.5. The molecule has 60 heavy (non-hydrogen) atoms. The molecule has 0 amide bonds. The molecule has 0 bridgehead atoms. The molecular formula is C54H41N5Si. The highest BCUT2D eigenvalue weighted by Gasteiger charge is 2.21. The van der Waals surface area contributed by atoms with Crippen molar-refractivity contribution in [3.05, 3.63) is 194 Å². The van der Waals surface area contributed by atoms with Crippen LogP contribution in [0, 0.1) is 0 Å². The van der Waals surface area contributed by atoms with E-state index in [2.05, 4.69) is 162 Å². The number of rotatable bonds is 7. The number of hydrogen-bond donors (Lipinski definition) is 0. The summed E-state index contributed by atoms with van der Waals surface area (Å²) >= 11 is 0. The zero-order valence-corrected chi connectivity index (χ0v) is 34.7. The maximum absolute atomic E-state index is 5.06. The van der Waals surface area contributed by atoms with Gasteiger partial charge in [-0.05, 0) is 54.1 Å². The fourth-order valence-corrected chi connectivity index (χ4v) is 9.94. The standard InChI is InChI=1S/C54H41N5Si/c1-60(2,3)42-31-28-40(29-32-42)58-48-26-12-11-23-45(48)47-35-41(30-33-50(47)58)59-49-27-13-10-22-44(49)46-25-15-24-43(51(46)59)38-20-14-21-39(34-38)54-56-52(36-16-6-4-7-17-36)55-53(57-54)37-18-8-5-9-19-37/h4-35H,1-3H3. The molecule has 8 aromatic carbocycles. The first-order chi connectivity index (χ1) is 29.4. The summed E-state index contributed by atoms with van der Waals surface area (Å²) in [7, 11) is -1.43. The van der Waals surface area contributed by atoms with Gasteiger partial charge in [0.25, 0.3) is 0 Å². The molecule has 3 aromatic heterocycles. The minimum atomic E-state index is -1.43. The van der Waals surface area contributed by atoms with Crippen molar-refractivity contribution in [3.63, 3.8) is 0 Å². The highest BCUT2D eigenvalue weighted by molar-refractivity contribution is 6.88. The average Bonchev–Trinajstić information content (AvgIpc) is 3.82. The van der Waals surface area contributed by atoms with Crippen LogP contribution >= 0.6 is 0 Å². The van der Waals surface area contributed by atoms with Crippen LogP contribution in [0.4, 0.5) is 0 Å². The van der Waals surface area contributed by atoms with Crippen LogP contribution in [0.2, 0.25) is 19.6 Å². The second-order valence-electron chi connectivity index (χ2n) is 16.5. The van der Waals surface area contributed by atoms with Crippen LogP contribution in [0.25, 0.3) is 100 Å². The summed E-state index contributed by atoms with van der Waals surface area (Å²) < 4.78 is 4.86. The van der Waals surface area contributed by atoms with E-state index in [1.54, 1.807) is 0 Å². The third-order valence-corrected chi connectivity index (χ3v) is 13.8. The molecule has 11 aromatic rings. The minimum absolute atomic E-state index is 0.634. The maximum Gasteiger partial charge on any atom is 0.164 e. The second kappa shape index (κ2) is 14.2. The molecule has 11 rings (SSSR count). The van der Waals surface area contributed by atoms with E-state index in [0.717, 1.165) is 39.0 Å². The van der Waals surface area contributed by atoms with E-state index in [1.807, 2.05) is 60.7 Å². The summed E-state index contributed by atoms with van der Waals surface area (Å²) in [5.74, 6) is 1.93. The molecule has 286 valence electrons. The second-order valence-corrected chi connectivity index (χ2v) is 21.6. The summed E-state index contributed by atoms with van der Waals surface area (Å²) in [6, 6.07) is 69.3. The number of benzene rings is 8. The zero-order chi connectivity index (χ0) is 40.4. The molecule has 0 aliphatic heterocycles. The third-order valence-electron chi connectivity index (χ3n) is 11.7. The highest BCUT2D eigenvalue weighted by Crippen LogP contribution is 2.41. The minimum Gasteiger partial charge on any atom is -0.309 e. The van der Waals surface area contributed by atoms with Crippen molar-refractivity contribution in [2.24, 2.45) is 0 Å². The summed E-state index contributed by atoms with van der Waals surface area (Å²) in [6.07, 6.45) is 0. The molecule has 5 nitrogen and oxygen atoms in total. The quantitative estimate of drug-likeness (QED) is 0.151. The lowest BCUT2D eigenvalue weighted by Crippen LogP contribution is -2.37. The van der Waals surface area contributed by atoms with Crippen molar-refractivity contribution in [2.75, 3.05) is 0 Å². The normalized spacial score (nSPS) is 11.9. The summed E-state index contributed by atoms with van der Waals surface area (Å²) in [5.41, 5.74) is 12.1. The van der Waals surface area contributed by atoms with Gasteiger partial charge in [0.2, 0.25) is 0 Å². The fraction of sp³-hybridized carbons (Fsp3) is 0.0556. The summed E-state index contributed by atoms with van der Waals surface area (Å²) in [5, 5.41) is 6.34. The summed E-state index contributed by atoms with van der Waals surface area (Å²) in [4.78, 5) is 15.1. The van der Waals surface area contributed by atoms with Crippen LogP contribution in [-0.4, -0.2) is 32.2 Å². The SMILES string of the molecule is C[Si](C)(C)c1ccc(-n2c3ccccc3c3cc(-n4c5ccccc5c5cccc(-c6cccc(-c7nc(-c8ccccc8)nc(-c8ccccc8)n7)c6)c54)ccc32)cc1. The molecule has 0 spiro atoms. The van der Waals surface area contributed by atoms with Crippen LogP contribution in [0.15, 0.2) is 194 Å². The lowest BCUT2D eigenvalue weighted by Gasteiger charge is -2.17. The Kier molecular flexibility index (Phi) is 8.43. The van der Waals surface area contributed by atoms with Gasteiger partial charge in [-0.15, -0.1) is 0 Å². The number of para-hydroxylation sites is 3. The molecule has 0 fully saturated rings. The van der Waals surface area contributed by atoms with E-state index in [-0.39, 0.29) is 0 Å². The van der Waals surface area contributed by atoms with Gasteiger partial charge in [0.15, 0.2) is 17.5 Å². The number of aromatic nitrogens is 5. The Bertz CT molecular complexity index is 3340. The van der Waals surface area contributed by atoms with Crippen LogP contribution < -0.4 is 5.19 Å². The topological polar surface area (TPSA) is 48.5 Å². The molecule has 0 saturated heterocycles. The Balaban J connectivity index is 1.10. The molecule has 0 N–H and O–H groups in total. The van der Waals surface area contributed by atoms with Gasteiger partial charge in [0.05, 0.1) is 30.1 Å². The largest absolute Gasteiger partial charge is 0.309 e. The number of fused-ring (bicyclic) bond motifs is 6. The van der Waals surface area contributed by atoms with Gasteiger partial charge in [-0.1, -0.05) is 170 Å². The predicted octanol–water partition coefficient (Wildman–Crippen LogP) is 13.3. The molecule has 0 aliphatic carbocycles. The van der Waals surface area contributed by atoms with Crippen molar-refractivity contribution < 1.29 is 0 Å². The van der Waals surface area contributed by atoms with Gasteiger partial charge in [-0.25, -0.2) is 15.0 Å². The van der Waals surface area contributed by atoms with Crippen molar-refractivity contribution in [1.82, 2.24) is 24.1 Å². The lowest BCUT2D eigenvalue weighted by atomic mass is 9.99. The van der Waals surface area contributed by atoms with Crippen molar-refractivity contribution in [1.29, 1.82) is 0 Å². The molecule has 0 unspecified atom stereocenters. The smallest absolute Gasteiger partial charge is 0.164 e. The molecule has 0 radical (unpaired) electrons. The molecule has 3 heterocycles. The molecule has 0 aliphatic rings. The van der Waals surface area contributed by atoms with Crippen LogP contribution in [0.3, 0.4) is 0 Å². The van der Waals surface area contributed by atoms with Gasteiger partial charge in [0.1, 0.15) is 0 Å². The molecule has 0 saturated carbocycles. The first-order valence-corrected chi connectivity index (χ1v) is 24.0. The van der Waals surface area contributed by atoms with E-state index < -0.39 is 8.07 Å². The van der Waals surface area contributed by atoms with Crippen LogP contribution in [-0.2, 0) is 0 Å². The van der Waals surface area contributed by atoms with Gasteiger partial charge >= 0.3 is 0 Å². The van der Waals surface area contributed by atoms with Crippen LogP contribution in [0.1, 0.15) is 0 Å². The van der Waals surface area contributed by atoms with Gasteiger partial charge in [-0.3, -0.25) is 0 Å². The summed E-state index contributed by atoms with van der Waals surface area (Å²) in [6.45, 7) is 7.21. The maximum atomic E-state index is 5.06. The zero-order valence-electron chi connectivity index (χ0n) is 33.7. The predicted molar refractivity (Wildman–Crippen MR) is 253 cm³/mol. The fourth-order valence-electron chi connectivity index (χ4n) is 8.77. The van der Waals surface area contributed by atoms with E-state index in [4.69, 9.17) is 15.0 Å². The lowest BCUT2D eigenvalue weighted by molar-refractivity contribution is 1.07. The van der Waals surface area contributed by atoms with Gasteiger partial charge in [0, 0.05) is 55.2 Å².